The van der Waals surface area contributed by atoms with E-state index in [2.05, 4.69) is 0 Å². The van der Waals surface area contributed by atoms with Crippen molar-refractivity contribution in [3.8, 4) is 0 Å². The summed E-state index contributed by atoms with van der Waals surface area (Å²) in [5.74, 6) is -4.29. The van der Waals surface area contributed by atoms with Gasteiger partial charge in [-0.3, -0.25) is 4.79 Å². The second kappa shape index (κ2) is 5.42. The number of amides is 2. The lowest BCUT2D eigenvalue weighted by molar-refractivity contribution is -0.150. The maximum Gasteiger partial charge on any atom is 0.410 e. The molecule has 2 rings (SSSR count). The van der Waals surface area contributed by atoms with Crippen LogP contribution in [0.3, 0.4) is 0 Å². The molecule has 0 aromatic carbocycles. The maximum absolute atomic E-state index is 13.3. The van der Waals surface area contributed by atoms with E-state index in [1.165, 1.54) is 4.90 Å². The first-order valence-corrected chi connectivity index (χ1v) is 7.27. The molecule has 0 saturated carbocycles. The fourth-order valence-electron chi connectivity index (χ4n) is 2.71. The van der Waals surface area contributed by atoms with Crippen molar-refractivity contribution in [3.05, 3.63) is 0 Å². The van der Waals surface area contributed by atoms with E-state index in [-0.39, 0.29) is 18.7 Å². The molecule has 0 aliphatic carbocycles. The average molecular weight is 304 g/mol. The highest BCUT2D eigenvalue weighted by molar-refractivity contribution is 5.85. The predicted molar refractivity (Wildman–Crippen MR) is 72.1 cm³/mol. The summed E-state index contributed by atoms with van der Waals surface area (Å²) in [7, 11) is 0. The number of hydrogen-bond donors (Lipinski definition) is 0. The lowest BCUT2D eigenvalue weighted by atomic mass is 10.0. The number of alkyl halides is 2. The van der Waals surface area contributed by atoms with Gasteiger partial charge in [0.15, 0.2) is 0 Å². The van der Waals surface area contributed by atoms with Gasteiger partial charge in [0.1, 0.15) is 5.60 Å². The lowest BCUT2D eigenvalue weighted by Gasteiger charge is -2.37. The van der Waals surface area contributed by atoms with Gasteiger partial charge in [0.25, 0.3) is 5.91 Å². The molecule has 7 heteroatoms. The monoisotopic (exact) mass is 304 g/mol. The maximum atomic E-state index is 13.3. The minimum absolute atomic E-state index is 0.100. The molecule has 0 spiro atoms. The summed E-state index contributed by atoms with van der Waals surface area (Å²) in [5, 5.41) is 0. The van der Waals surface area contributed by atoms with Gasteiger partial charge in [0.2, 0.25) is 0 Å². The zero-order chi connectivity index (χ0) is 15.8. The van der Waals surface area contributed by atoms with Gasteiger partial charge < -0.3 is 14.5 Å². The molecule has 0 N–H and O–H groups in total. The molecule has 0 radical (unpaired) electrons. The van der Waals surface area contributed by atoms with Crippen LogP contribution in [0, 0.1) is 0 Å². The zero-order valence-electron chi connectivity index (χ0n) is 12.7. The van der Waals surface area contributed by atoms with Gasteiger partial charge in [-0.05, 0) is 33.6 Å². The molecule has 0 atom stereocenters. The molecule has 0 aromatic heterocycles. The molecule has 5 nitrogen and oxygen atoms in total. The molecule has 2 amide bonds. The van der Waals surface area contributed by atoms with Crippen LogP contribution in [0.25, 0.3) is 0 Å². The number of rotatable bonds is 1. The van der Waals surface area contributed by atoms with Crippen LogP contribution in [-0.4, -0.2) is 59.0 Å². The Morgan fingerprint density at radius 1 is 1.24 bits per heavy atom. The average Bonchev–Trinajstić information content (AvgIpc) is 2.63. The van der Waals surface area contributed by atoms with Gasteiger partial charge in [-0.2, -0.15) is 8.78 Å². The largest absolute Gasteiger partial charge is 0.444 e. The van der Waals surface area contributed by atoms with Crippen molar-refractivity contribution in [2.24, 2.45) is 0 Å². The van der Waals surface area contributed by atoms with Crippen LogP contribution in [0.2, 0.25) is 0 Å². The Kier molecular flexibility index (Phi) is 4.13. The number of hydrogen-bond acceptors (Lipinski definition) is 3. The molecule has 2 saturated heterocycles. The van der Waals surface area contributed by atoms with Crippen LogP contribution >= 0.6 is 0 Å². The summed E-state index contributed by atoms with van der Waals surface area (Å²) in [5.41, 5.74) is -0.555. The molecule has 21 heavy (non-hydrogen) atoms. The van der Waals surface area contributed by atoms with Crippen LogP contribution in [-0.2, 0) is 9.53 Å². The highest BCUT2D eigenvalue weighted by atomic mass is 19.3. The summed E-state index contributed by atoms with van der Waals surface area (Å²) in [4.78, 5) is 26.4. The Hall–Kier alpha value is -1.40. The van der Waals surface area contributed by atoms with Crippen molar-refractivity contribution in [1.29, 1.82) is 0 Å². The van der Waals surface area contributed by atoms with Crippen LogP contribution in [0.15, 0.2) is 0 Å². The van der Waals surface area contributed by atoms with Gasteiger partial charge in [-0.1, -0.05) is 0 Å². The van der Waals surface area contributed by atoms with E-state index in [9.17, 15) is 18.4 Å². The van der Waals surface area contributed by atoms with Crippen molar-refractivity contribution in [3.63, 3.8) is 0 Å². The molecule has 120 valence electrons. The number of ether oxygens (including phenoxy) is 1. The third-order valence-electron chi connectivity index (χ3n) is 3.80. The van der Waals surface area contributed by atoms with Crippen LogP contribution < -0.4 is 0 Å². The summed E-state index contributed by atoms with van der Waals surface area (Å²) in [6, 6.07) is -0.204. The molecule has 0 aromatic rings. The van der Waals surface area contributed by atoms with Crippen molar-refractivity contribution >= 4 is 12.0 Å². The number of nitrogens with zero attached hydrogens (tertiary/aromatic N) is 2. The standard InChI is InChI=1S/C14H22F2N2O3/c1-13(2,3)21-12(20)17-7-4-10(5-8-17)18-9-6-14(15,16)11(18)19/h10H,4-9H2,1-3H3. The molecule has 2 aliphatic heterocycles. The number of carbonyl (C=O) groups excluding carboxylic acids is 2. The number of halogens is 2. The third kappa shape index (κ3) is 3.63. The second-order valence-electron chi connectivity index (χ2n) is 6.65. The van der Waals surface area contributed by atoms with E-state index < -0.39 is 23.9 Å². The molecule has 0 bridgehead atoms. The number of carbonyl (C=O) groups is 2. The summed E-state index contributed by atoms with van der Waals surface area (Å²) in [6.07, 6.45) is 0.235. The second-order valence-corrected chi connectivity index (χ2v) is 6.65. The predicted octanol–water partition coefficient (Wildman–Crippen LogP) is 2.25. The van der Waals surface area contributed by atoms with Gasteiger partial charge in [0, 0.05) is 32.1 Å². The Labute approximate surface area is 123 Å². The van der Waals surface area contributed by atoms with Crippen molar-refractivity contribution < 1.29 is 23.1 Å². The Bertz CT molecular complexity index is 426. The minimum Gasteiger partial charge on any atom is -0.444 e. The van der Waals surface area contributed by atoms with E-state index in [0.29, 0.717) is 25.9 Å². The molecule has 2 aliphatic rings. The lowest BCUT2D eigenvalue weighted by Crippen LogP contribution is -2.49. The topological polar surface area (TPSA) is 49.9 Å². The fourth-order valence-corrected chi connectivity index (χ4v) is 2.71. The zero-order valence-corrected chi connectivity index (χ0v) is 12.7. The van der Waals surface area contributed by atoms with E-state index in [1.54, 1.807) is 25.7 Å². The van der Waals surface area contributed by atoms with Gasteiger partial charge in [0.05, 0.1) is 0 Å². The summed E-state index contributed by atoms with van der Waals surface area (Å²) in [6.45, 7) is 6.33. The SMILES string of the molecule is CC(C)(C)OC(=O)N1CCC(N2CCC(F)(F)C2=O)CC1. The van der Waals surface area contributed by atoms with Crippen LogP contribution in [0.5, 0.6) is 0 Å². The fraction of sp³-hybridized carbons (Fsp3) is 0.857. The first-order chi connectivity index (χ1) is 9.60. The molecule has 2 fully saturated rings. The van der Waals surface area contributed by atoms with Crippen molar-refractivity contribution in [1.82, 2.24) is 9.80 Å². The molecular weight excluding hydrogens is 282 g/mol. The summed E-state index contributed by atoms with van der Waals surface area (Å²) >= 11 is 0. The van der Waals surface area contributed by atoms with Gasteiger partial charge in [-0.25, -0.2) is 4.79 Å². The van der Waals surface area contributed by atoms with Crippen LogP contribution in [0.1, 0.15) is 40.0 Å². The Balaban J connectivity index is 1.87. The molecular formula is C14H22F2N2O3. The molecule has 0 unspecified atom stereocenters. The summed E-state index contributed by atoms with van der Waals surface area (Å²) < 4.78 is 31.8. The van der Waals surface area contributed by atoms with Crippen LogP contribution in [0.4, 0.5) is 13.6 Å². The van der Waals surface area contributed by atoms with E-state index in [1.807, 2.05) is 0 Å². The van der Waals surface area contributed by atoms with Crippen molar-refractivity contribution in [2.45, 2.75) is 57.6 Å². The highest BCUT2D eigenvalue weighted by Crippen LogP contribution is 2.32. The first-order valence-electron chi connectivity index (χ1n) is 7.27. The Morgan fingerprint density at radius 3 is 2.24 bits per heavy atom. The van der Waals surface area contributed by atoms with E-state index in [4.69, 9.17) is 4.74 Å². The van der Waals surface area contributed by atoms with Gasteiger partial charge in [-0.15, -0.1) is 0 Å². The number of likely N-dealkylation sites (tertiary alicyclic amines) is 2. The third-order valence-corrected chi connectivity index (χ3v) is 3.80. The quantitative estimate of drug-likeness (QED) is 0.746. The Morgan fingerprint density at radius 2 is 1.81 bits per heavy atom. The highest BCUT2D eigenvalue weighted by Gasteiger charge is 2.50. The van der Waals surface area contributed by atoms with E-state index in [0.717, 1.165) is 0 Å². The van der Waals surface area contributed by atoms with E-state index >= 15 is 0 Å². The first kappa shape index (κ1) is 16.0. The number of piperidine rings is 1. The normalized spacial score (nSPS) is 23.6. The van der Waals surface area contributed by atoms with Crippen molar-refractivity contribution in [2.75, 3.05) is 19.6 Å². The smallest absolute Gasteiger partial charge is 0.410 e. The molecule has 2 heterocycles. The van der Waals surface area contributed by atoms with Gasteiger partial charge >= 0.3 is 12.0 Å². The minimum atomic E-state index is -3.22.